The summed E-state index contributed by atoms with van der Waals surface area (Å²) in [4.78, 5) is 0. The Morgan fingerprint density at radius 1 is 0.870 bits per heavy atom. The summed E-state index contributed by atoms with van der Waals surface area (Å²) in [6.07, 6.45) is 5.66. The van der Waals surface area contributed by atoms with Gasteiger partial charge in [0, 0.05) is 16.7 Å². The van der Waals surface area contributed by atoms with E-state index in [1.54, 1.807) is 0 Å². The number of rotatable bonds is 4. The molecule has 112 valence electrons. The first kappa shape index (κ1) is 14.9. The van der Waals surface area contributed by atoms with Crippen molar-refractivity contribution in [3.05, 3.63) is 89.5 Å². The van der Waals surface area contributed by atoms with Gasteiger partial charge in [0.2, 0.25) is 0 Å². The van der Waals surface area contributed by atoms with Crippen LogP contribution in [0.5, 0.6) is 5.75 Å². The Morgan fingerprint density at radius 3 is 2.39 bits per heavy atom. The van der Waals surface area contributed by atoms with Crippen molar-refractivity contribution in [3.8, 4) is 29.2 Å². The molecular weight excluding hydrogens is 280 g/mol. The van der Waals surface area contributed by atoms with E-state index < -0.39 is 0 Å². The van der Waals surface area contributed by atoms with Gasteiger partial charge in [-0.3, -0.25) is 0 Å². The van der Waals surface area contributed by atoms with Gasteiger partial charge in [0.25, 0.3) is 0 Å². The van der Waals surface area contributed by atoms with Gasteiger partial charge in [0.05, 0.1) is 0 Å². The maximum atomic E-state index is 6.05. The van der Waals surface area contributed by atoms with Crippen LogP contribution in [0.1, 0.15) is 16.7 Å². The summed E-state index contributed by atoms with van der Waals surface area (Å²) >= 11 is 0. The van der Waals surface area contributed by atoms with Crippen LogP contribution in [0, 0.1) is 19.3 Å². The highest BCUT2D eigenvalue weighted by molar-refractivity contribution is 5.76. The van der Waals surface area contributed by atoms with Crippen molar-refractivity contribution in [1.82, 2.24) is 0 Å². The highest BCUT2D eigenvalue weighted by Crippen LogP contribution is 2.33. The van der Waals surface area contributed by atoms with Gasteiger partial charge in [-0.15, -0.1) is 6.42 Å². The second-order valence-electron chi connectivity index (χ2n) is 5.46. The minimum atomic E-state index is 0.537. The van der Waals surface area contributed by atoms with Gasteiger partial charge in [-0.05, 0) is 24.6 Å². The van der Waals surface area contributed by atoms with Gasteiger partial charge in [0.1, 0.15) is 12.4 Å². The molecule has 1 heteroatoms. The third-order valence-electron chi connectivity index (χ3n) is 3.74. The Hall–Kier alpha value is -2.98. The van der Waals surface area contributed by atoms with E-state index in [1.807, 2.05) is 48.5 Å². The first-order chi connectivity index (χ1) is 11.3. The van der Waals surface area contributed by atoms with E-state index in [1.165, 1.54) is 5.56 Å². The topological polar surface area (TPSA) is 9.23 Å². The van der Waals surface area contributed by atoms with Crippen LogP contribution in [0.3, 0.4) is 0 Å². The average molecular weight is 298 g/mol. The molecule has 0 atom stereocenters. The molecule has 1 nitrogen and oxygen atoms in total. The summed E-state index contributed by atoms with van der Waals surface area (Å²) in [5.74, 6) is 3.61. The summed E-state index contributed by atoms with van der Waals surface area (Å²) < 4.78 is 6.05. The first-order valence-electron chi connectivity index (χ1n) is 7.61. The van der Waals surface area contributed by atoms with Gasteiger partial charge < -0.3 is 4.74 Å². The standard InChI is InChI=1S/C22H18O/c1-3-19-14-13-17(2)15-21(19)20-11-7-8-12-22(20)23-16-18-9-5-4-6-10-18/h1,4-15H,16H2,2H3. The van der Waals surface area contributed by atoms with E-state index in [4.69, 9.17) is 11.2 Å². The van der Waals surface area contributed by atoms with E-state index in [0.29, 0.717) is 6.61 Å². The van der Waals surface area contributed by atoms with Crippen molar-refractivity contribution in [2.24, 2.45) is 0 Å². The maximum Gasteiger partial charge on any atom is 0.127 e. The van der Waals surface area contributed by atoms with Crippen LogP contribution in [-0.2, 0) is 6.61 Å². The van der Waals surface area contributed by atoms with Crippen LogP contribution in [0.2, 0.25) is 0 Å². The fourth-order valence-electron chi connectivity index (χ4n) is 2.56. The lowest BCUT2D eigenvalue weighted by Crippen LogP contribution is -1.97. The van der Waals surface area contributed by atoms with Gasteiger partial charge in [-0.25, -0.2) is 0 Å². The molecule has 0 aliphatic rings. The fourth-order valence-corrected chi connectivity index (χ4v) is 2.56. The number of hydrogen-bond acceptors (Lipinski definition) is 1. The zero-order valence-electron chi connectivity index (χ0n) is 13.1. The molecule has 3 rings (SSSR count). The number of ether oxygens (including phenoxy) is 1. The Kier molecular flexibility index (Phi) is 4.45. The zero-order valence-corrected chi connectivity index (χ0v) is 13.1. The van der Waals surface area contributed by atoms with Crippen molar-refractivity contribution in [1.29, 1.82) is 0 Å². The fraction of sp³-hybridized carbons (Fsp3) is 0.0909. The normalized spacial score (nSPS) is 10.1. The van der Waals surface area contributed by atoms with Gasteiger partial charge in [-0.2, -0.15) is 0 Å². The van der Waals surface area contributed by atoms with Crippen LogP contribution < -0.4 is 4.74 Å². The quantitative estimate of drug-likeness (QED) is 0.600. The number of para-hydroxylation sites is 1. The highest BCUT2D eigenvalue weighted by atomic mass is 16.5. The molecule has 0 saturated carbocycles. The van der Waals surface area contributed by atoms with Crippen molar-refractivity contribution in [3.63, 3.8) is 0 Å². The van der Waals surface area contributed by atoms with E-state index in [2.05, 4.69) is 37.1 Å². The summed E-state index contributed by atoms with van der Waals surface area (Å²) in [6.45, 7) is 2.60. The van der Waals surface area contributed by atoms with Gasteiger partial charge >= 0.3 is 0 Å². The van der Waals surface area contributed by atoms with Crippen molar-refractivity contribution >= 4 is 0 Å². The highest BCUT2D eigenvalue weighted by Gasteiger charge is 2.10. The van der Waals surface area contributed by atoms with Gasteiger partial charge in [-0.1, -0.05) is 72.1 Å². The Bertz CT molecular complexity index is 841. The Labute approximate surface area is 137 Å². The molecule has 0 aliphatic heterocycles. The summed E-state index contributed by atoms with van der Waals surface area (Å²) in [5.41, 5.74) is 5.27. The van der Waals surface area contributed by atoms with Crippen molar-refractivity contribution in [2.45, 2.75) is 13.5 Å². The SMILES string of the molecule is C#Cc1ccc(C)cc1-c1ccccc1OCc1ccccc1. The molecule has 0 unspecified atom stereocenters. The van der Waals surface area contributed by atoms with Crippen molar-refractivity contribution in [2.75, 3.05) is 0 Å². The zero-order chi connectivity index (χ0) is 16.1. The average Bonchev–Trinajstić information content (AvgIpc) is 2.61. The number of hydrogen-bond donors (Lipinski definition) is 0. The lowest BCUT2D eigenvalue weighted by atomic mass is 9.97. The first-order valence-corrected chi connectivity index (χ1v) is 7.61. The molecule has 23 heavy (non-hydrogen) atoms. The van der Waals surface area contributed by atoms with Crippen molar-refractivity contribution < 1.29 is 4.74 Å². The largest absolute Gasteiger partial charge is 0.488 e. The lowest BCUT2D eigenvalue weighted by molar-refractivity contribution is 0.307. The summed E-state index contributed by atoms with van der Waals surface area (Å²) in [6, 6.07) is 24.3. The molecule has 0 saturated heterocycles. The molecule has 0 aromatic heterocycles. The molecule has 0 fully saturated rings. The van der Waals surface area contributed by atoms with E-state index >= 15 is 0 Å². The molecule has 0 N–H and O–H groups in total. The smallest absolute Gasteiger partial charge is 0.127 e. The molecule has 0 bridgehead atoms. The van der Waals surface area contributed by atoms with Crippen LogP contribution in [-0.4, -0.2) is 0 Å². The predicted molar refractivity (Wildman–Crippen MR) is 95.3 cm³/mol. The third kappa shape index (κ3) is 3.44. The minimum absolute atomic E-state index is 0.537. The molecular formula is C22H18O. The number of terminal acetylenes is 1. The molecule has 0 radical (unpaired) electrons. The molecule has 0 spiro atoms. The van der Waals surface area contributed by atoms with Crippen LogP contribution in [0.15, 0.2) is 72.8 Å². The van der Waals surface area contributed by atoms with Crippen LogP contribution >= 0.6 is 0 Å². The van der Waals surface area contributed by atoms with Gasteiger partial charge in [0.15, 0.2) is 0 Å². The molecule has 3 aromatic carbocycles. The van der Waals surface area contributed by atoms with Crippen LogP contribution in [0.25, 0.3) is 11.1 Å². The minimum Gasteiger partial charge on any atom is -0.488 e. The Morgan fingerprint density at radius 2 is 1.61 bits per heavy atom. The molecule has 0 aliphatic carbocycles. The van der Waals surface area contributed by atoms with Crippen LogP contribution in [0.4, 0.5) is 0 Å². The summed E-state index contributed by atoms with van der Waals surface area (Å²) in [5, 5.41) is 0. The molecule has 0 heterocycles. The van der Waals surface area contributed by atoms with E-state index in [-0.39, 0.29) is 0 Å². The van der Waals surface area contributed by atoms with E-state index in [9.17, 15) is 0 Å². The summed E-state index contributed by atoms with van der Waals surface area (Å²) in [7, 11) is 0. The Balaban J connectivity index is 1.96. The monoisotopic (exact) mass is 298 g/mol. The molecule has 3 aromatic rings. The lowest BCUT2D eigenvalue weighted by Gasteiger charge is -2.13. The second kappa shape index (κ2) is 6.85. The molecule has 0 amide bonds. The van der Waals surface area contributed by atoms with E-state index in [0.717, 1.165) is 28.0 Å². The number of aryl methyl sites for hydroxylation is 1. The maximum absolute atomic E-state index is 6.05. The third-order valence-corrected chi connectivity index (χ3v) is 3.74. The number of benzene rings is 3. The second-order valence-corrected chi connectivity index (χ2v) is 5.46. The predicted octanol–water partition coefficient (Wildman–Crippen LogP) is 5.22.